The number of benzene rings is 3. The Morgan fingerprint density at radius 1 is 0.879 bits per heavy atom. The first-order valence-electron chi connectivity index (χ1n) is 10.2. The fraction of sp³-hybridized carbons (Fsp3) is 0.0833. The van der Waals surface area contributed by atoms with Gasteiger partial charge in [0, 0.05) is 28.9 Å². The fourth-order valence-electron chi connectivity index (χ4n) is 3.47. The molecule has 0 atom stereocenters. The quantitative estimate of drug-likeness (QED) is 0.333. The van der Waals surface area contributed by atoms with Gasteiger partial charge in [-0.2, -0.15) is 4.98 Å². The van der Waals surface area contributed by atoms with Crippen molar-refractivity contribution < 1.29 is 8.42 Å². The van der Waals surface area contributed by atoms with Crippen LogP contribution in [0.1, 0.15) is 5.69 Å². The third-order valence-corrected chi connectivity index (χ3v) is 7.79. The smallest absolute Gasteiger partial charge is 0.211 e. The molecule has 2 aromatic heterocycles. The van der Waals surface area contributed by atoms with E-state index in [-0.39, 0.29) is 11.4 Å². The summed E-state index contributed by atoms with van der Waals surface area (Å²) in [4.78, 5) is 5.56. The molecule has 0 aliphatic rings. The molecule has 0 aliphatic carbocycles. The van der Waals surface area contributed by atoms with Crippen molar-refractivity contribution in [1.29, 1.82) is 0 Å². The lowest BCUT2D eigenvalue weighted by Crippen LogP contribution is -2.26. The summed E-state index contributed by atoms with van der Waals surface area (Å²) in [5.41, 5.74) is 3.78. The molecule has 0 saturated heterocycles. The van der Waals surface area contributed by atoms with Crippen molar-refractivity contribution in [2.24, 2.45) is 0 Å². The Morgan fingerprint density at radius 3 is 2.27 bits per heavy atom. The van der Waals surface area contributed by atoms with Crippen molar-refractivity contribution in [2.45, 2.75) is 11.3 Å². The highest BCUT2D eigenvalue weighted by Crippen LogP contribution is 2.23. The molecule has 33 heavy (non-hydrogen) atoms. The molecule has 0 saturated carbocycles. The van der Waals surface area contributed by atoms with Crippen LogP contribution in [0.15, 0.2) is 89.1 Å². The van der Waals surface area contributed by atoms with Crippen LogP contribution in [0, 0.1) is 0 Å². The maximum atomic E-state index is 12.7. The highest BCUT2D eigenvalue weighted by atomic mass is 35.5. The summed E-state index contributed by atoms with van der Waals surface area (Å²) in [7, 11) is -3.61. The van der Waals surface area contributed by atoms with Gasteiger partial charge in [0.25, 0.3) is 0 Å². The lowest BCUT2D eigenvalue weighted by atomic mass is 10.1. The average Bonchev–Trinajstić information content (AvgIpc) is 3.42. The van der Waals surface area contributed by atoms with E-state index < -0.39 is 10.0 Å². The SMILES string of the molecule is O=S(=O)(NCCc1csc2nc(-c3ccc(Cl)cc3)nn12)c1ccc(-c2ccccc2)cc1. The Hall–Kier alpha value is -3.04. The summed E-state index contributed by atoms with van der Waals surface area (Å²) >= 11 is 7.43. The highest BCUT2D eigenvalue weighted by Gasteiger charge is 2.15. The van der Waals surface area contributed by atoms with E-state index in [1.54, 1.807) is 28.8 Å². The molecule has 166 valence electrons. The van der Waals surface area contributed by atoms with Gasteiger partial charge in [-0.3, -0.25) is 0 Å². The second-order valence-electron chi connectivity index (χ2n) is 7.40. The van der Waals surface area contributed by atoms with Crippen LogP contribution in [0.4, 0.5) is 0 Å². The largest absolute Gasteiger partial charge is 0.240 e. The van der Waals surface area contributed by atoms with Crippen LogP contribution in [-0.2, 0) is 16.4 Å². The molecule has 3 aromatic carbocycles. The molecule has 5 aromatic rings. The number of thiazole rings is 1. The van der Waals surface area contributed by atoms with Gasteiger partial charge in [0.05, 0.1) is 10.6 Å². The number of rotatable bonds is 7. The number of aromatic nitrogens is 3. The number of hydrogen-bond acceptors (Lipinski definition) is 5. The van der Waals surface area contributed by atoms with Gasteiger partial charge < -0.3 is 0 Å². The minimum atomic E-state index is -3.61. The zero-order valence-electron chi connectivity index (χ0n) is 17.3. The maximum absolute atomic E-state index is 12.7. The molecule has 2 heterocycles. The molecule has 1 N–H and O–H groups in total. The topological polar surface area (TPSA) is 76.4 Å². The van der Waals surface area contributed by atoms with E-state index >= 15 is 0 Å². The number of halogens is 1. The van der Waals surface area contributed by atoms with Crippen molar-refractivity contribution in [3.8, 4) is 22.5 Å². The summed E-state index contributed by atoms with van der Waals surface area (Å²) in [5.74, 6) is 0.610. The average molecular weight is 495 g/mol. The molecule has 0 amide bonds. The molecule has 9 heteroatoms. The molecule has 0 spiro atoms. The van der Waals surface area contributed by atoms with E-state index in [9.17, 15) is 8.42 Å². The van der Waals surface area contributed by atoms with Crippen molar-refractivity contribution in [3.63, 3.8) is 0 Å². The summed E-state index contributed by atoms with van der Waals surface area (Å²) in [6.45, 7) is 0.255. The number of hydrogen-bond donors (Lipinski definition) is 1. The zero-order chi connectivity index (χ0) is 22.8. The van der Waals surface area contributed by atoms with Crippen LogP contribution in [-0.4, -0.2) is 29.6 Å². The van der Waals surface area contributed by atoms with Crippen molar-refractivity contribution >= 4 is 37.9 Å². The van der Waals surface area contributed by atoms with Gasteiger partial charge in [0.15, 0.2) is 5.82 Å². The van der Waals surface area contributed by atoms with Crippen LogP contribution in [0.2, 0.25) is 5.02 Å². The predicted octanol–water partition coefficient (Wildman–Crippen LogP) is 5.30. The first-order valence-corrected chi connectivity index (χ1v) is 13.0. The molecule has 0 bridgehead atoms. The fourth-order valence-corrected chi connectivity index (χ4v) is 5.49. The van der Waals surface area contributed by atoms with E-state index in [1.807, 2.05) is 60.0 Å². The lowest BCUT2D eigenvalue weighted by molar-refractivity contribution is 0.581. The number of nitrogens with zero attached hydrogens (tertiary/aromatic N) is 3. The first-order chi connectivity index (χ1) is 16.0. The maximum Gasteiger partial charge on any atom is 0.240 e. The van der Waals surface area contributed by atoms with E-state index in [0.29, 0.717) is 17.3 Å². The molecule has 0 fully saturated rings. The Morgan fingerprint density at radius 2 is 1.55 bits per heavy atom. The Kier molecular flexibility index (Phi) is 5.99. The molecule has 0 unspecified atom stereocenters. The van der Waals surface area contributed by atoms with Gasteiger partial charge in [-0.15, -0.1) is 16.4 Å². The molecular weight excluding hydrogens is 476 g/mol. The third-order valence-electron chi connectivity index (χ3n) is 5.20. The Labute approximate surface area is 200 Å². The van der Waals surface area contributed by atoms with Gasteiger partial charge in [-0.05, 0) is 47.5 Å². The lowest BCUT2D eigenvalue weighted by Gasteiger charge is -2.08. The third kappa shape index (κ3) is 4.69. The molecule has 0 aliphatic heterocycles. The predicted molar refractivity (Wildman–Crippen MR) is 132 cm³/mol. The van der Waals surface area contributed by atoms with Crippen molar-refractivity contribution in [2.75, 3.05) is 6.54 Å². The van der Waals surface area contributed by atoms with Crippen LogP contribution < -0.4 is 4.72 Å². The van der Waals surface area contributed by atoms with Crippen LogP contribution in [0.5, 0.6) is 0 Å². The summed E-state index contributed by atoms with van der Waals surface area (Å²) in [6.07, 6.45) is 0.491. The van der Waals surface area contributed by atoms with E-state index in [4.69, 9.17) is 11.6 Å². The van der Waals surface area contributed by atoms with Crippen molar-refractivity contribution in [3.05, 3.63) is 95.0 Å². The van der Waals surface area contributed by atoms with Gasteiger partial charge in [0.2, 0.25) is 15.0 Å². The number of sulfonamides is 1. The van der Waals surface area contributed by atoms with E-state index in [0.717, 1.165) is 27.3 Å². The Bertz CT molecular complexity index is 1490. The summed E-state index contributed by atoms with van der Waals surface area (Å²) < 4.78 is 29.9. The minimum absolute atomic E-state index is 0.239. The second kappa shape index (κ2) is 9.07. The highest BCUT2D eigenvalue weighted by molar-refractivity contribution is 7.89. The monoisotopic (exact) mass is 494 g/mol. The van der Waals surface area contributed by atoms with Gasteiger partial charge >= 0.3 is 0 Å². The summed E-state index contributed by atoms with van der Waals surface area (Å²) in [6, 6.07) is 24.1. The number of fused-ring (bicyclic) bond motifs is 1. The van der Waals surface area contributed by atoms with E-state index in [2.05, 4.69) is 14.8 Å². The summed E-state index contributed by atoms with van der Waals surface area (Å²) in [5, 5.41) is 7.18. The second-order valence-corrected chi connectivity index (χ2v) is 10.4. The van der Waals surface area contributed by atoms with Gasteiger partial charge in [0.1, 0.15) is 0 Å². The van der Waals surface area contributed by atoms with E-state index in [1.165, 1.54) is 11.3 Å². The van der Waals surface area contributed by atoms with Crippen LogP contribution >= 0.6 is 22.9 Å². The first kappa shape index (κ1) is 21.8. The zero-order valence-corrected chi connectivity index (χ0v) is 19.7. The van der Waals surface area contributed by atoms with Crippen LogP contribution in [0.25, 0.3) is 27.5 Å². The molecule has 0 radical (unpaired) electrons. The molecular formula is C24H19ClN4O2S2. The van der Waals surface area contributed by atoms with Gasteiger partial charge in [-0.1, -0.05) is 54.1 Å². The van der Waals surface area contributed by atoms with Crippen LogP contribution in [0.3, 0.4) is 0 Å². The molecule has 6 nitrogen and oxygen atoms in total. The van der Waals surface area contributed by atoms with Crippen molar-refractivity contribution in [1.82, 2.24) is 19.3 Å². The normalized spacial score (nSPS) is 11.8. The van der Waals surface area contributed by atoms with Gasteiger partial charge in [-0.25, -0.2) is 17.7 Å². The Balaban J connectivity index is 1.26. The number of nitrogens with one attached hydrogen (secondary N) is 1. The molecule has 5 rings (SSSR count). The minimum Gasteiger partial charge on any atom is -0.211 e. The standard InChI is InChI=1S/C24H19ClN4O2S2/c25-20-10-6-19(7-11-20)23-27-24-29(28-23)21(16-32-24)14-15-26-33(30,31)22-12-8-18(9-13-22)17-4-2-1-3-5-17/h1-13,16,26H,14-15H2.